The zero-order valence-electron chi connectivity index (χ0n) is 15.9. The molecule has 142 valence electrons. The fourth-order valence-electron chi connectivity index (χ4n) is 2.69. The number of carbonyl (C=O) groups is 2. The second-order valence-corrected chi connectivity index (χ2v) is 7.20. The first-order chi connectivity index (χ1) is 12.6. The highest BCUT2D eigenvalue weighted by Crippen LogP contribution is 2.22. The van der Waals surface area contributed by atoms with Gasteiger partial charge < -0.3 is 10.4 Å². The van der Waals surface area contributed by atoms with Crippen molar-refractivity contribution in [1.29, 1.82) is 0 Å². The van der Waals surface area contributed by atoms with Crippen molar-refractivity contribution in [2.75, 3.05) is 5.32 Å². The van der Waals surface area contributed by atoms with Gasteiger partial charge in [-0.3, -0.25) is 9.48 Å². The summed E-state index contributed by atoms with van der Waals surface area (Å²) in [5, 5.41) is 21.2. The van der Waals surface area contributed by atoms with Crippen molar-refractivity contribution >= 4 is 28.7 Å². The third kappa shape index (κ3) is 3.27. The third-order valence-corrected chi connectivity index (χ3v) is 4.36. The van der Waals surface area contributed by atoms with Gasteiger partial charge in [-0.15, -0.1) is 0 Å². The maximum atomic E-state index is 12.8. The van der Waals surface area contributed by atoms with Crippen molar-refractivity contribution in [3.8, 4) is 0 Å². The largest absolute Gasteiger partial charge is 0.479 e. The van der Waals surface area contributed by atoms with E-state index in [1.165, 1.54) is 24.7 Å². The van der Waals surface area contributed by atoms with Crippen LogP contribution >= 0.6 is 0 Å². The molecule has 0 radical (unpaired) electrons. The number of rotatable bonds is 5. The molecule has 0 spiro atoms. The zero-order chi connectivity index (χ0) is 19.9. The maximum absolute atomic E-state index is 12.8. The predicted octanol–water partition coefficient (Wildman–Crippen LogP) is 2.59. The highest BCUT2D eigenvalue weighted by molar-refractivity contribution is 6.11. The van der Waals surface area contributed by atoms with Crippen molar-refractivity contribution in [2.24, 2.45) is 0 Å². The molecule has 0 bridgehead atoms. The monoisotopic (exact) mass is 370 g/mol. The molecule has 3 aromatic rings. The molecule has 0 aliphatic rings. The molecular weight excluding hydrogens is 348 g/mol. The van der Waals surface area contributed by atoms with Crippen LogP contribution < -0.4 is 5.32 Å². The van der Waals surface area contributed by atoms with Gasteiger partial charge in [-0.1, -0.05) is 0 Å². The number of aromatic nitrogens is 5. The summed E-state index contributed by atoms with van der Waals surface area (Å²) in [4.78, 5) is 28.7. The normalized spacial score (nSPS) is 11.9. The Kier molecular flexibility index (Phi) is 4.46. The maximum Gasteiger partial charge on any atom is 0.331 e. The van der Waals surface area contributed by atoms with Gasteiger partial charge in [0.15, 0.2) is 17.0 Å². The molecule has 1 amide bonds. The fourth-order valence-corrected chi connectivity index (χ4v) is 2.69. The van der Waals surface area contributed by atoms with Crippen LogP contribution in [0.15, 0.2) is 24.5 Å². The van der Waals surface area contributed by atoms with E-state index < -0.39 is 11.5 Å². The quantitative estimate of drug-likeness (QED) is 0.713. The van der Waals surface area contributed by atoms with Crippen LogP contribution in [-0.4, -0.2) is 41.5 Å². The average molecular weight is 370 g/mol. The number of hydrogen-bond donors (Lipinski definition) is 2. The number of aryl methyl sites for hydroxylation is 1. The fraction of sp³-hybridized carbons (Fsp3) is 0.389. The molecule has 0 aliphatic heterocycles. The third-order valence-electron chi connectivity index (χ3n) is 4.36. The minimum Gasteiger partial charge on any atom is -0.479 e. The van der Waals surface area contributed by atoms with E-state index in [9.17, 15) is 14.7 Å². The molecule has 9 heteroatoms. The summed E-state index contributed by atoms with van der Waals surface area (Å²) >= 11 is 0. The molecule has 3 rings (SSSR count). The Labute approximate surface area is 156 Å². The summed E-state index contributed by atoms with van der Waals surface area (Å²) in [5.74, 6) is -1.10. The smallest absolute Gasteiger partial charge is 0.331 e. The van der Waals surface area contributed by atoms with Gasteiger partial charge in [-0.05, 0) is 40.7 Å². The molecule has 0 fully saturated rings. The number of nitrogens with zero attached hydrogens (tertiary/aromatic N) is 5. The number of fused-ring (bicyclic) bond motifs is 1. The van der Waals surface area contributed by atoms with Crippen molar-refractivity contribution in [2.45, 2.75) is 46.2 Å². The first-order valence-corrected chi connectivity index (χ1v) is 8.57. The van der Waals surface area contributed by atoms with E-state index in [1.54, 1.807) is 23.0 Å². The van der Waals surface area contributed by atoms with Crippen LogP contribution in [-0.2, 0) is 10.3 Å². The lowest BCUT2D eigenvalue weighted by Gasteiger charge is -2.19. The number of carboxylic acids is 1. The molecule has 3 heterocycles. The predicted molar refractivity (Wildman–Crippen MR) is 99.8 cm³/mol. The van der Waals surface area contributed by atoms with Gasteiger partial charge in [0.2, 0.25) is 0 Å². The van der Waals surface area contributed by atoms with Gasteiger partial charge in [0.05, 0.1) is 17.1 Å². The summed E-state index contributed by atoms with van der Waals surface area (Å²) in [7, 11) is 0. The van der Waals surface area contributed by atoms with Crippen LogP contribution in [0, 0.1) is 6.92 Å². The number of aliphatic carboxylic acids is 1. The first kappa shape index (κ1) is 18.6. The SMILES string of the molecule is Cc1cc(C(=O)Nc2ccn(C(C)(C)C(=O)O)n2)c2cnn(C(C)C)c2n1. The van der Waals surface area contributed by atoms with E-state index >= 15 is 0 Å². The standard InChI is InChI=1S/C18H22N6O3/c1-10(2)24-15-13(9-19-24)12(8-11(3)20-15)16(25)21-14-6-7-23(22-14)18(4,5)17(26)27/h6-10H,1-5H3,(H,26,27)(H,21,22,25). The second-order valence-electron chi connectivity index (χ2n) is 7.20. The Morgan fingerprint density at radius 2 is 2.00 bits per heavy atom. The van der Waals surface area contributed by atoms with Crippen LogP contribution in [0.2, 0.25) is 0 Å². The Hall–Kier alpha value is -3.23. The topological polar surface area (TPSA) is 115 Å². The molecule has 27 heavy (non-hydrogen) atoms. The minimum atomic E-state index is -1.22. The van der Waals surface area contributed by atoms with E-state index in [0.29, 0.717) is 22.3 Å². The number of nitrogens with one attached hydrogen (secondary N) is 1. The molecule has 0 atom stereocenters. The van der Waals surface area contributed by atoms with Gasteiger partial charge in [-0.2, -0.15) is 10.2 Å². The van der Waals surface area contributed by atoms with Crippen molar-refractivity contribution in [1.82, 2.24) is 24.5 Å². The molecule has 2 N–H and O–H groups in total. The number of amides is 1. The lowest BCUT2D eigenvalue weighted by atomic mass is 10.1. The molecular formula is C18H22N6O3. The van der Waals surface area contributed by atoms with Gasteiger partial charge >= 0.3 is 5.97 Å². The summed E-state index contributed by atoms with van der Waals surface area (Å²) in [5.41, 5.74) is 0.568. The number of hydrogen-bond acceptors (Lipinski definition) is 5. The number of anilines is 1. The molecule has 0 saturated heterocycles. The summed E-state index contributed by atoms with van der Waals surface area (Å²) in [6, 6.07) is 3.37. The Morgan fingerprint density at radius 3 is 2.63 bits per heavy atom. The summed E-state index contributed by atoms with van der Waals surface area (Å²) < 4.78 is 3.07. The van der Waals surface area contributed by atoms with Crippen molar-refractivity contribution in [3.63, 3.8) is 0 Å². The molecule has 0 aromatic carbocycles. The molecule has 0 aliphatic carbocycles. The highest BCUT2D eigenvalue weighted by atomic mass is 16.4. The molecule has 0 unspecified atom stereocenters. The Morgan fingerprint density at radius 1 is 1.30 bits per heavy atom. The zero-order valence-corrected chi connectivity index (χ0v) is 15.9. The Bertz CT molecular complexity index is 1030. The molecule has 0 saturated carbocycles. The van der Waals surface area contributed by atoms with E-state index in [2.05, 4.69) is 20.5 Å². The molecule has 9 nitrogen and oxygen atoms in total. The van der Waals surface area contributed by atoms with Crippen molar-refractivity contribution < 1.29 is 14.7 Å². The summed E-state index contributed by atoms with van der Waals surface area (Å²) in [6.07, 6.45) is 3.15. The lowest BCUT2D eigenvalue weighted by molar-refractivity contribution is -0.146. The van der Waals surface area contributed by atoms with Crippen LogP contribution in [0.3, 0.4) is 0 Å². The first-order valence-electron chi connectivity index (χ1n) is 8.57. The number of carboxylic acid groups (broad SMARTS) is 1. The second kappa shape index (κ2) is 6.49. The van der Waals surface area contributed by atoms with E-state index in [4.69, 9.17) is 0 Å². The lowest BCUT2D eigenvalue weighted by Crippen LogP contribution is -2.36. The van der Waals surface area contributed by atoms with Crippen LogP contribution in [0.4, 0.5) is 5.82 Å². The highest BCUT2D eigenvalue weighted by Gasteiger charge is 2.30. The van der Waals surface area contributed by atoms with Crippen LogP contribution in [0.1, 0.15) is 49.8 Å². The van der Waals surface area contributed by atoms with Crippen LogP contribution in [0.5, 0.6) is 0 Å². The summed E-state index contributed by atoms with van der Waals surface area (Å²) in [6.45, 7) is 8.87. The Balaban J connectivity index is 1.94. The van der Waals surface area contributed by atoms with Gasteiger partial charge in [-0.25, -0.2) is 14.5 Å². The van der Waals surface area contributed by atoms with Crippen LogP contribution in [0.25, 0.3) is 11.0 Å². The van der Waals surface area contributed by atoms with E-state index in [1.807, 2.05) is 20.8 Å². The van der Waals surface area contributed by atoms with Gasteiger partial charge in [0, 0.05) is 24.0 Å². The number of carbonyl (C=O) groups excluding carboxylic acids is 1. The average Bonchev–Trinajstić information content (AvgIpc) is 3.20. The molecule has 3 aromatic heterocycles. The van der Waals surface area contributed by atoms with Crippen molar-refractivity contribution in [3.05, 3.63) is 35.8 Å². The van der Waals surface area contributed by atoms with Gasteiger partial charge in [0.1, 0.15) is 0 Å². The van der Waals surface area contributed by atoms with E-state index in [-0.39, 0.29) is 17.8 Å². The number of pyridine rings is 1. The van der Waals surface area contributed by atoms with Gasteiger partial charge in [0.25, 0.3) is 5.91 Å². The minimum absolute atomic E-state index is 0.113. The van der Waals surface area contributed by atoms with E-state index in [0.717, 1.165) is 0 Å².